The Morgan fingerprint density at radius 3 is 2.14 bits per heavy atom. The Labute approximate surface area is 207 Å². The number of ketones is 1. The molecule has 0 saturated carbocycles. The van der Waals surface area contributed by atoms with Gasteiger partial charge in [-0.3, -0.25) is 4.79 Å². The topological polar surface area (TPSA) is 80.3 Å². The predicted molar refractivity (Wildman–Crippen MR) is 132 cm³/mol. The molecule has 35 heavy (non-hydrogen) atoms. The monoisotopic (exact) mass is 482 g/mol. The zero-order valence-electron chi connectivity index (χ0n) is 21.3. The van der Waals surface area contributed by atoms with E-state index in [1.54, 1.807) is 41.3 Å². The Morgan fingerprint density at radius 1 is 1.00 bits per heavy atom. The molecule has 1 heterocycles. The van der Waals surface area contributed by atoms with Gasteiger partial charge in [-0.25, -0.2) is 4.79 Å². The molecule has 7 nitrogen and oxygen atoms in total. The third-order valence-corrected chi connectivity index (χ3v) is 6.52. The molecule has 0 bridgehead atoms. The Hall–Kier alpha value is -3.32. The molecule has 0 amide bonds. The van der Waals surface area contributed by atoms with Crippen molar-refractivity contribution in [3.63, 3.8) is 0 Å². The zero-order valence-corrected chi connectivity index (χ0v) is 21.3. The van der Waals surface area contributed by atoms with Crippen molar-refractivity contribution in [3.05, 3.63) is 64.7 Å². The summed E-state index contributed by atoms with van der Waals surface area (Å²) in [5.41, 5.74) is 3.19. The first-order valence-electron chi connectivity index (χ1n) is 11.6. The highest BCUT2D eigenvalue weighted by Crippen LogP contribution is 2.46. The fourth-order valence-electron chi connectivity index (χ4n) is 4.35. The van der Waals surface area contributed by atoms with Crippen molar-refractivity contribution in [2.45, 2.75) is 33.3 Å². The second kappa shape index (κ2) is 11.9. The van der Waals surface area contributed by atoms with Crippen LogP contribution in [0.5, 0.6) is 17.2 Å². The van der Waals surface area contributed by atoms with Crippen LogP contribution in [0.4, 0.5) is 0 Å². The molecule has 7 heteroatoms. The molecule has 188 valence electrons. The van der Waals surface area contributed by atoms with E-state index in [1.165, 1.54) is 0 Å². The molecule has 3 rings (SSSR count). The Bertz CT molecular complexity index is 1050. The largest absolute Gasteiger partial charge is 0.493 e. The van der Waals surface area contributed by atoms with Gasteiger partial charge in [-0.2, -0.15) is 0 Å². The van der Waals surface area contributed by atoms with Crippen LogP contribution in [0.1, 0.15) is 48.4 Å². The molecule has 1 saturated heterocycles. The lowest BCUT2D eigenvalue weighted by Crippen LogP contribution is -2.24. The number of ether oxygens (including phenoxy) is 5. The summed E-state index contributed by atoms with van der Waals surface area (Å²) >= 11 is 0. The van der Waals surface area contributed by atoms with E-state index in [9.17, 15) is 9.59 Å². The second-order valence-electron chi connectivity index (χ2n) is 8.66. The first kappa shape index (κ1) is 26.3. The lowest BCUT2D eigenvalue weighted by molar-refractivity contribution is -0.141. The molecular weight excluding hydrogens is 448 g/mol. The van der Waals surface area contributed by atoms with Crippen molar-refractivity contribution < 1.29 is 33.3 Å². The average Bonchev–Trinajstić information content (AvgIpc) is 3.27. The summed E-state index contributed by atoms with van der Waals surface area (Å²) in [7, 11) is 4.71. The van der Waals surface area contributed by atoms with Crippen molar-refractivity contribution in [1.29, 1.82) is 0 Å². The number of hydrogen-bond donors (Lipinski definition) is 0. The minimum absolute atomic E-state index is 0.0346. The summed E-state index contributed by atoms with van der Waals surface area (Å²) in [6, 6.07) is 11.4. The molecule has 0 unspecified atom stereocenters. The third kappa shape index (κ3) is 6.03. The van der Waals surface area contributed by atoms with E-state index in [-0.39, 0.29) is 36.3 Å². The summed E-state index contributed by atoms with van der Waals surface area (Å²) in [6.45, 7) is 5.81. The lowest BCUT2D eigenvalue weighted by atomic mass is 9.84. The van der Waals surface area contributed by atoms with E-state index < -0.39 is 0 Å². The van der Waals surface area contributed by atoms with Gasteiger partial charge in [0.1, 0.15) is 0 Å². The summed E-state index contributed by atoms with van der Waals surface area (Å²) in [4.78, 5) is 24.0. The SMILES string of the molecule is C/C=C(/C)C(=O)OC[C@H]1[C@@H](Cc2ccc(C(C)=O)cc2)CO[C@@H]1c1cc(OC)c(OC)c(OC)c1. The maximum absolute atomic E-state index is 12.4. The predicted octanol–water partition coefficient (Wildman–Crippen LogP) is 4.97. The van der Waals surface area contributed by atoms with Gasteiger partial charge in [0.05, 0.1) is 40.6 Å². The first-order chi connectivity index (χ1) is 16.8. The van der Waals surface area contributed by atoms with Crippen molar-refractivity contribution in [3.8, 4) is 17.2 Å². The molecule has 0 spiro atoms. The number of benzene rings is 2. The van der Waals surface area contributed by atoms with Gasteiger partial charge in [-0.15, -0.1) is 0 Å². The molecule has 0 N–H and O–H groups in total. The quantitative estimate of drug-likeness (QED) is 0.269. The van der Waals surface area contributed by atoms with E-state index in [1.807, 2.05) is 43.3 Å². The molecule has 1 fully saturated rings. The minimum atomic E-state index is -0.340. The highest BCUT2D eigenvalue weighted by atomic mass is 16.5. The minimum Gasteiger partial charge on any atom is -0.493 e. The van der Waals surface area contributed by atoms with E-state index in [2.05, 4.69) is 0 Å². The lowest BCUT2D eigenvalue weighted by Gasteiger charge is -2.24. The molecule has 1 aliphatic heterocycles. The van der Waals surface area contributed by atoms with Gasteiger partial charge >= 0.3 is 5.97 Å². The van der Waals surface area contributed by atoms with Crippen LogP contribution in [-0.4, -0.2) is 46.3 Å². The molecule has 0 radical (unpaired) electrons. The number of rotatable bonds is 10. The Balaban J connectivity index is 1.91. The molecule has 2 aromatic rings. The van der Waals surface area contributed by atoms with Crippen LogP contribution in [0.25, 0.3) is 0 Å². The van der Waals surface area contributed by atoms with E-state index in [0.717, 1.165) is 17.5 Å². The Morgan fingerprint density at radius 2 is 1.63 bits per heavy atom. The van der Waals surface area contributed by atoms with Gasteiger partial charge in [-0.05, 0) is 56.4 Å². The molecule has 1 aliphatic rings. The molecule has 0 aromatic heterocycles. The standard InChI is InChI=1S/C28H34O7/c1-7-17(2)28(30)35-16-23-22(12-19-8-10-20(11-9-19)18(3)29)15-34-26(23)21-13-24(31-4)27(33-6)25(14-21)32-5/h7-11,13-14,22-23,26H,12,15-16H2,1-6H3/b17-7-/t22-,23-,26+/m0/s1. The second-order valence-corrected chi connectivity index (χ2v) is 8.66. The Kier molecular flexibility index (Phi) is 8.93. The van der Waals surface area contributed by atoms with Gasteiger partial charge in [0, 0.05) is 17.1 Å². The van der Waals surface area contributed by atoms with Gasteiger partial charge in [0.15, 0.2) is 17.3 Å². The summed E-state index contributed by atoms with van der Waals surface area (Å²) in [6.07, 6.45) is 2.13. The van der Waals surface area contributed by atoms with E-state index in [4.69, 9.17) is 23.7 Å². The number of carbonyl (C=O) groups is 2. The number of allylic oxidation sites excluding steroid dienone is 1. The van der Waals surface area contributed by atoms with Gasteiger partial charge < -0.3 is 23.7 Å². The van der Waals surface area contributed by atoms with Crippen LogP contribution in [0.15, 0.2) is 48.0 Å². The smallest absolute Gasteiger partial charge is 0.333 e. The van der Waals surface area contributed by atoms with Gasteiger partial charge in [0.2, 0.25) is 5.75 Å². The van der Waals surface area contributed by atoms with Crippen LogP contribution in [0.2, 0.25) is 0 Å². The van der Waals surface area contributed by atoms with Gasteiger partial charge in [0.25, 0.3) is 0 Å². The fraction of sp³-hybridized carbons (Fsp3) is 0.429. The van der Waals surface area contributed by atoms with Crippen LogP contribution in [0, 0.1) is 11.8 Å². The van der Waals surface area contributed by atoms with Crippen molar-refractivity contribution in [2.24, 2.45) is 11.8 Å². The van der Waals surface area contributed by atoms with Gasteiger partial charge in [-0.1, -0.05) is 30.3 Å². The highest BCUT2D eigenvalue weighted by Gasteiger charge is 2.40. The summed E-state index contributed by atoms with van der Waals surface area (Å²) in [5.74, 6) is 1.27. The van der Waals surface area contributed by atoms with Crippen molar-refractivity contribution in [2.75, 3.05) is 34.5 Å². The maximum Gasteiger partial charge on any atom is 0.333 e. The normalized spacial score (nSPS) is 19.8. The molecule has 2 aromatic carbocycles. The fourth-order valence-corrected chi connectivity index (χ4v) is 4.35. The molecular formula is C28H34O7. The van der Waals surface area contributed by atoms with Crippen LogP contribution >= 0.6 is 0 Å². The van der Waals surface area contributed by atoms with Crippen LogP contribution in [-0.2, 0) is 20.7 Å². The molecule has 0 aliphatic carbocycles. The summed E-state index contributed by atoms with van der Waals surface area (Å²) in [5, 5.41) is 0. The highest BCUT2D eigenvalue weighted by molar-refractivity contribution is 5.94. The zero-order chi connectivity index (χ0) is 25.5. The third-order valence-electron chi connectivity index (χ3n) is 6.52. The van der Waals surface area contributed by atoms with E-state index in [0.29, 0.717) is 35.0 Å². The number of carbonyl (C=O) groups excluding carboxylic acids is 2. The van der Waals surface area contributed by atoms with Crippen molar-refractivity contribution >= 4 is 11.8 Å². The number of methoxy groups -OCH3 is 3. The van der Waals surface area contributed by atoms with Crippen LogP contribution < -0.4 is 14.2 Å². The van der Waals surface area contributed by atoms with Crippen LogP contribution in [0.3, 0.4) is 0 Å². The molecule has 3 atom stereocenters. The van der Waals surface area contributed by atoms with Crippen molar-refractivity contribution in [1.82, 2.24) is 0 Å². The summed E-state index contributed by atoms with van der Waals surface area (Å²) < 4.78 is 28.5. The first-order valence-corrected chi connectivity index (χ1v) is 11.6. The number of Topliss-reactive ketones (excluding diaryl/α,β-unsaturated/α-hetero) is 1. The number of esters is 1. The maximum atomic E-state index is 12.4. The number of hydrogen-bond acceptors (Lipinski definition) is 7. The average molecular weight is 483 g/mol. The van der Waals surface area contributed by atoms with E-state index >= 15 is 0 Å².